The highest BCUT2D eigenvalue weighted by atomic mass is 28.4. The minimum absolute atomic E-state index is 0.0993. The fraction of sp³-hybridized carbons (Fsp3) is 0.600. The van der Waals surface area contributed by atoms with Crippen molar-refractivity contribution in [3.8, 4) is 11.5 Å². The third-order valence-electron chi connectivity index (χ3n) is 5.30. The number of rotatable bonds is 8. The van der Waals surface area contributed by atoms with Crippen LogP contribution in [0.15, 0.2) is 30.4 Å². The van der Waals surface area contributed by atoms with Crippen LogP contribution in [-0.4, -0.2) is 26.8 Å². The lowest BCUT2D eigenvalue weighted by molar-refractivity contribution is 0.173. The molecule has 1 aromatic carbocycles. The van der Waals surface area contributed by atoms with Crippen molar-refractivity contribution in [1.82, 2.24) is 0 Å². The quantitative estimate of drug-likeness (QED) is 0.509. The fourth-order valence-electron chi connectivity index (χ4n) is 4.16. The Morgan fingerprint density at radius 1 is 1.08 bits per heavy atom. The van der Waals surface area contributed by atoms with Crippen LogP contribution in [0, 0.1) is 0 Å². The summed E-state index contributed by atoms with van der Waals surface area (Å²) in [4.78, 5) is 0. The van der Waals surface area contributed by atoms with Gasteiger partial charge in [0, 0.05) is 0 Å². The Morgan fingerprint density at radius 2 is 1.64 bits per heavy atom. The molecular weight excluding hydrogens is 332 g/mol. The molecule has 0 radical (unpaired) electrons. The van der Waals surface area contributed by atoms with E-state index >= 15 is 0 Å². The summed E-state index contributed by atoms with van der Waals surface area (Å²) < 4.78 is 17.8. The maximum Gasteiger partial charge on any atom is 0.231 e. The average Bonchev–Trinajstić information content (AvgIpc) is 3.01. The first-order valence-corrected chi connectivity index (χ1v) is 11.2. The molecule has 140 valence electrons. The van der Waals surface area contributed by atoms with Crippen LogP contribution < -0.4 is 9.47 Å². The van der Waals surface area contributed by atoms with Gasteiger partial charge in [-0.25, -0.2) is 0 Å². The number of aliphatic hydroxyl groups excluding tert-OH is 1. The minimum atomic E-state index is -2.12. The molecule has 0 saturated carbocycles. The fourth-order valence-corrected chi connectivity index (χ4v) is 9.69. The summed E-state index contributed by atoms with van der Waals surface area (Å²) in [6, 6.07) is 5.84. The summed E-state index contributed by atoms with van der Waals surface area (Å²) in [5.74, 6) is 1.47. The SMILES string of the molecule is C=C(CO)C(O[Si](C(C)C)(C(C)C)C(C)C)c1ccc2c(c1)OCO2. The van der Waals surface area contributed by atoms with Crippen molar-refractivity contribution >= 4 is 8.32 Å². The highest BCUT2D eigenvalue weighted by Crippen LogP contribution is 2.47. The predicted molar refractivity (Wildman–Crippen MR) is 104 cm³/mol. The zero-order chi connectivity index (χ0) is 18.8. The molecule has 4 nitrogen and oxygen atoms in total. The second kappa shape index (κ2) is 7.93. The second-order valence-electron chi connectivity index (χ2n) is 7.74. The molecule has 1 aliphatic rings. The number of hydrogen-bond acceptors (Lipinski definition) is 4. The van der Waals surface area contributed by atoms with Crippen LogP contribution >= 0.6 is 0 Å². The highest BCUT2D eigenvalue weighted by Gasteiger charge is 2.47. The molecule has 0 spiro atoms. The second-order valence-corrected chi connectivity index (χ2v) is 13.2. The Morgan fingerprint density at radius 3 is 2.16 bits per heavy atom. The molecule has 5 heteroatoms. The topological polar surface area (TPSA) is 47.9 Å². The number of ether oxygens (including phenoxy) is 2. The first-order chi connectivity index (χ1) is 11.7. The third kappa shape index (κ3) is 3.78. The van der Waals surface area contributed by atoms with Gasteiger partial charge in [0.1, 0.15) is 0 Å². The normalized spacial score (nSPS) is 15.3. The van der Waals surface area contributed by atoms with E-state index in [0.717, 1.165) is 17.1 Å². The van der Waals surface area contributed by atoms with Crippen molar-refractivity contribution in [3.63, 3.8) is 0 Å². The smallest absolute Gasteiger partial charge is 0.231 e. The van der Waals surface area contributed by atoms with Crippen molar-refractivity contribution < 1.29 is 19.0 Å². The monoisotopic (exact) mass is 364 g/mol. The molecule has 1 aromatic rings. The Bertz CT molecular complexity index is 588. The van der Waals surface area contributed by atoms with E-state index in [9.17, 15) is 5.11 Å². The van der Waals surface area contributed by atoms with E-state index in [1.165, 1.54) is 0 Å². The highest BCUT2D eigenvalue weighted by molar-refractivity contribution is 6.77. The predicted octanol–water partition coefficient (Wildman–Crippen LogP) is 5.20. The van der Waals surface area contributed by atoms with Crippen molar-refractivity contribution in [2.24, 2.45) is 0 Å². The van der Waals surface area contributed by atoms with E-state index in [1.54, 1.807) is 0 Å². The summed E-state index contributed by atoms with van der Waals surface area (Å²) in [5.41, 5.74) is 3.00. The molecule has 25 heavy (non-hydrogen) atoms. The lowest BCUT2D eigenvalue weighted by atomic mass is 10.0. The van der Waals surface area contributed by atoms with Crippen LogP contribution in [0.4, 0.5) is 0 Å². The molecule has 1 heterocycles. The lowest BCUT2D eigenvalue weighted by Crippen LogP contribution is -2.48. The van der Waals surface area contributed by atoms with E-state index < -0.39 is 8.32 Å². The lowest BCUT2D eigenvalue weighted by Gasteiger charge is -2.45. The van der Waals surface area contributed by atoms with Gasteiger partial charge in [-0.1, -0.05) is 54.2 Å². The van der Waals surface area contributed by atoms with Crippen LogP contribution in [0.25, 0.3) is 0 Å². The van der Waals surface area contributed by atoms with Gasteiger partial charge in [0.15, 0.2) is 11.5 Å². The number of fused-ring (bicyclic) bond motifs is 1. The third-order valence-corrected chi connectivity index (χ3v) is 11.4. The Balaban J connectivity index is 2.45. The van der Waals surface area contributed by atoms with E-state index in [4.69, 9.17) is 13.9 Å². The maximum atomic E-state index is 9.75. The first-order valence-electron chi connectivity index (χ1n) is 9.09. The van der Waals surface area contributed by atoms with E-state index in [2.05, 4.69) is 48.1 Å². The van der Waals surface area contributed by atoms with Crippen molar-refractivity contribution in [2.75, 3.05) is 13.4 Å². The summed E-state index contributed by atoms with van der Waals surface area (Å²) in [5, 5.41) is 9.75. The van der Waals surface area contributed by atoms with Gasteiger partial charge in [0.25, 0.3) is 0 Å². The number of aliphatic hydroxyl groups is 1. The van der Waals surface area contributed by atoms with Crippen LogP contribution in [0.2, 0.25) is 16.6 Å². The first kappa shape index (κ1) is 20.0. The number of hydrogen-bond donors (Lipinski definition) is 1. The van der Waals surface area contributed by atoms with E-state index in [0.29, 0.717) is 22.2 Å². The Kier molecular flexibility index (Phi) is 6.35. The van der Waals surface area contributed by atoms with Gasteiger partial charge in [-0.15, -0.1) is 0 Å². The molecule has 2 rings (SSSR count). The Hall–Kier alpha value is -1.30. The largest absolute Gasteiger partial charge is 0.454 e. The molecule has 1 atom stereocenters. The molecule has 0 aliphatic carbocycles. The molecule has 1 unspecified atom stereocenters. The van der Waals surface area contributed by atoms with Crippen LogP contribution in [0.1, 0.15) is 53.2 Å². The van der Waals surface area contributed by atoms with E-state index in [-0.39, 0.29) is 19.5 Å². The number of benzene rings is 1. The standard InChI is InChI=1S/C20H32O4Si/c1-13(2)25(14(3)4,15(5)6)24-20(16(7)11-21)17-8-9-18-19(10-17)23-12-22-18/h8-10,13-15,20-21H,7,11-12H2,1-6H3. The molecular formula is C20H32O4Si. The van der Waals surface area contributed by atoms with Gasteiger partial charge in [-0.2, -0.15) is 0 Å². The van der Waals surface area contributed by atoms with Gasteiger partial charge >= 0.3 is 0 Å². The molecule has 0 bridgehead atoms. The molecule has 0 saturated heterocycles. The summed E-state index contributed by atoms with van der Waals surface area (Å²) in [6.45, 7) is 17.8. The van der Waals surface area contributed by atoms with Crippen LogP contribution in [0.3, 0.4) is 0 Å². The maximum absolute atomic E-state index is 9.75. The van der Waals surface area contributed by atoms with Crippen molar-refractivity contribution in [2.45, 2.75) is 64.3 Å². The molecule has 1 N–H and O–H groups in total. The summed E-state index contributed by atoms with van der Waals surface area (Å²) in [6.07, 6.45) is -0.335. The summed E-state index contributed by atoms with van der Waals surface area (Å²) in [7, 11) is -2.12. The zero-order valence-electron chi connectivity index (χ0n) is 16.3. The van der Waals surface area contributed by atoms with Crippen molar-refractivity contribution in [3.05, 3.63) is 35.9 Å². The zero-order valence-corrected chi connectivity index (χ0v) is 17.3. The van der Waals surface area contributed by atoms with Gasteiger partial charge in [0.05, 0.1) is 12.7 Å². The van der Waals surface area contributed by atoms with Gasteiger partial charge in [-0.05, 0) is 39.9 Å². The summed E-state index contributed by atoms with van der Waals surface area (Å²) >= 11 is 0. The average molecular weight is 365 g/mol. The molecule has 0 fully saturated rings. The van der Waals surface area contributed by atoms with E-state index in [1.807, 2.05) is 18.2 Å². The molecule has 0 aromatic heterocycles. The van der Waals surface area contributed by atoms with Crippen LogP contribution in [-0.2, 0) is 4.43 Å². The van der Waals surface area contributed by atoms with Gasteiger partial charge in [0.2, 0.25) is 15.1 Å². The van der Waals surface area contributed by atoms with Crippen molar-refractivity contribution in [1.29, 1.82) is 0 Å². The molecule has 1 aliphatic heterocycles. The van der Waals surface area contributed by atoms with Crippen LogP contribution in [0.5, 0.6) is 11.5 Å². The molecule has 0 amide bonds. The van der Waals surface area contributed by atoms with Gasteiger partial charge in [-0.3, -0.25) is 0 Å². The van der Waals surface area contributed by atoms with Gasteiger partial charge < -0.3 is 19.0 Å². The Labute approximate surface area is 152 Å². The minimum Gasteiger partial charge on any atom is -0.454 e.